The largest absolute Gasteiger partial charge is 0.351 e. The molecule has 7 nitrogen and oxygen atoms in total. The highest BCUT2D eigenvalue weighted by Gasteiger charge is 2.21. The average molecular weight is 401 g/mol. The molecule has 1 aromatic carbocycles. The van der Waals surface area contributed by atoms with E-state index in [-0.39, 0.29) is 5.56 Å². The summed E-state index contributed by atoms with van der Waals surface area (Å²) in [6, 6.07) is 9.77. The molecule has 0 aliphatic carbocycles. The smallest absolute Gasteiger partial charge is 0.274 e. The summed E-state index contributed by atoms with van der Waals surface area (Å²) < 4.78 is 1.38. The van der Waals surface area contributed by atoms with Crippen molar-refractivity contribution >= 4 is 23.3 Å². The summed E-state index contributed by atoms with van der Waals surface area (Å²) in [6.07, 6.45) is 4.84. The molecule has 1 atom stereocenters. The molecule has 0 unspecified atom stereocenters. The normalized spacial score (nSPS) is 17.9. The number of aromatic nitrogens is 4. The molecule has 1 saturated heterocycles. The van der Waals surface area contributed by atoms with Gasteiger partial charge in [-0.25, -0.2) is 4.98 Å². The van der Waals surface area contributed by atoms with E-state index in [2.05, 4.69) is 32.2 Å². The topological polar surface area (TPSA) is 78.3 Å². The highest BCUT2D eigenvalue weighted by molar-refractivity contribution is 6.30. The summed E-state index contributed by atoms with van der Waals surface area (Å²) in [6.45, 7) is 4.56. The molecule has 1 aliphatic heterocycles. The first-order valence-corrected chi connectivity index (χ1v) is 10.2. The molecule has 0 saturated carbocycles. The van der Waals surface area contributed by atoms with Crippen molar-refractivity contribution in [3.05, 3.63) is 57.0 Å². The standard InChI is InChI=1S/C20H25ClN6O/c1-2-17-5-3-4-10-26(17)13-16-11-18(28)27-20(23-16)24-19(25-27)22-12-14-6-8-15(21)9-7-14/h6-9,11,17H,2-5,10,12-13H2,1H3,(H2,22,23,24,25)/t17-/m0/s1. The molecular formula is C20H25ClN6O. The number of rotatable bonds is 6. The van der Waals surface area contributed by atoms with Gasteiger partial charge in [-0.1, -0.05) is 37.1 Å². The van der Waals surface area contributed by atoms with Crippen LogP contribution in [0.1, 0.15) is 43.9 Å². The van der Waals surface area contributed by atoms with Gasteiger partial charge in [0.05, 0.1) is 5.69 Å². The molecule has 0 amide bonds. The number of halogens is 1. The van der Waals surface area contributed by atoms with Crippen LogP contribution in [0, 0.1) is 0 Å². The maximum absolute atomic E-state index is 12.5. The third kappa shape index (κ3) is 4.20. The molecule has 2 N–H and O–H groups in total. The fraction of sp³-hybridized carbons (Fsp3) is 0.450. The lowest BCUT2D eigenvalue weighted by Gasteiger charge is -2.34. The third-order valence-corrected chi connectivity index (χ3v) is 5.59. The highest BCUT2D eigenvalue weighted by atomic mass is 35.5. The van der Waals surface area contributed by atoms with E-state index < -0.39 is 0 Å². The van der Waals surface area contributed by atoms with Crippen molar-refractivity contribution in [1.29, 1.82) is 0 Å². The van der Waals surface area contributed by atoms with Gasteiger partial charge in [0.25, 0.3) is 11.3 Å². The average Bonchev–Trinajstić information content (AvgIpc) is 3.12. The fourth-order valence-electron chi connectivity index (χ4n) is 3.81. The van der Waals surface area contributed by atoms with E-state index in [1.165, 1.54) is 23.8 Å². The number of nitrogens with zero attached hydrogens (tertiary/aromatic N) is 4. The molecular weight excluding hydrogens is 376 g/mol. The van der Waals surface area contributed by atoms with Gasteiger partial charge in [0.15, 0.2) is 0 Å². The van der Waals surface area contributed by atoms with Gasteiger partial charge in [-0.3, -0.25) is 14.8 Å². The Morgan fingerprint density at radius 2 is 2.07 bits per heavy atom. The Kier molecular flexibility index (Phi) is 5.64. The van der Waals surface area contributed by atoms with Crippen molar-refractivity contribution in [2.75, 3.05) is 11.9 Å². The molecule has 0 radical (unpaired) electrons. The van der Waals surface area contributed by atoms with Crippen LogP contribution in [0.2, 0.25) is 5.02 Å². The Morgan fingerprint density at radius 3 is 2.86 bits per heavy atom. The molecule has 0 bridgehead atoms. The van der Waals surface area contributed by atoms with E-state index in [1.807, 2.05) is 24.3 Å². The van der Waals surface area contributed by atoms with Crippen molar-refractivity contribution in [3.63, 3.8) is 0 Å². The van der Waals surface area contributed by atoms with E-state index in [9.17, 15) is 4.79 Å². The number of nitrogens with one attached hydrogen (secondary N) is 2. The van der Waals surface area contributed by atoms with E-state index in [0.29, 0.717) is 35.9 Å². The lowest BCUT2D eigenvalue weighted by Crippen LogP contribution is -2.39. The van der Waals surface area contributed by atoms with E-state index in [0.717, 1.165) is 24.2 Å². The molecule has 4 rings (SSSR count). The summed E-state index contributed by atoms with van der Waals surface area (Å²) >= 11 is 5.91. The van der Waals surface area contributed by atoms with Crippen molar-refractivity contribution in [2.24, 2.45) is 0 Å². The highest BCUT2D eigenvalue weighted by Crippen LogP contribution is 2.21. The minimum atomic E-state index is -0.142. The second-order valence-electron chi connectivity index (χ2n) is 7.30. The number of hydrogen-bond donors (Lipinski definition) is 2. The number of piperidine rings is 1. The van der Waals surface area contributed by atoms with Gasteiger partial charge in [0, 0.05) is 30.2 Å². The molecule has 8 heteroatoms. The minimum absolute atomic E-state index is 0.142. The molecule has 148 valence electrons. The second kappa shape index (κ2) is 8.32. The molecule has 1 aliphatic rings. The Labute approximate surface area is 168 Å². The van der Waals surface area contributed by atoms with Gasteiger partial charge in [0.1, 0.15) is 0 Å². The Hall–Kier alpha value is -2.38. The quantitative estimate of drug-likeness (QED) is 0.662. The van der Waals surface area contributed by atoms with Gasteiger partial charge in [0.2, 0.25) is 5.95 Å². The lowest BCUT2D eigenvalue weighted by molar-refractivity contribution is 0.134. The number of fused-ring (bicyclic) bond motifs is 1. The Bertz CT molecular complexity index is 996. The predicted molar refractivity (Wildman–Crippen MR) is 111 cm³/mol. The molecule has 2 aromatic heterocycles. The summed E-state index contributed by atoms with van der Waals surface area (Å²) in [4.78, 5) is 24.0. The minimum Gasteiger partial charge on any atom is -0.351 e. The zero-order chi connectivity index (χ0) is 19.5. The first kappa shape index (κ1) is 19.0. The maximum Gasteiger partial charge on any atom is 0.274 e. The zero-order valence-electron chi connectivity index (χ0n) is 16.0. The van der Waals surface area contributed by atoms with Crippen LogP contribution in [0.3, 0.4) is 0 Å². The van der Waals surface area contributed by atoms with Gasteiger partial charge in [-0.2, -0.15) is 9.50 Å². The molecule has 3 heterocycles. The monoisotopic (exact) mass is 400 g/mol. The van der Waals surface area contributed by atoms with E-state index in [1.54, 1.807) is 6.07 Å². The summed E-state index contributed by atoms with van der Waals surface area (Å²) in [7, 11) is 0. The Morgan fingerprint density at radius 1 is 1.25 bits per heavy atom. The van der Waals surface area contributed by atoms with Gasteiger partial charge in [-0.05, 0) is 43.5 Å². The van der Waals surface area contributed by atoms with Gasteiger partial charge >= 0.3 is 0 Å². The molecule has 3 aromatic rings. The fourth-order valence-corrected chi connectivity index (χ4v) is 3.94. The lowest BCUT2D eigenvalue weighted by atomic mass is 10.00. The Balaban J connectivity index is 1.50. The van der Waals surface area contributed by atoms with Crippen molar-refractivity contribution in [1.82, 2.24) is 24.5 Å². The zero-order valence-corrected chi connectivity index (χ0v) is 16.7. The van der Waals surface area contributed by atoms with Crippen LogP contribution in [-0.2, 0) is 13.1 Å². The van der Waals surface area contributed by atoms with Crippen LogP contribution >= 0.6 is 11.6 Å². The summed E-state index contributed by atoms with van der Waals surface area (Å²) in [5, 5.41) is 6.87. The van der Waals surface area contributed by atoms with Crippen LogP contribution in [-0.4, -0.2) is 37.1 Å². The van der Waals surface area contributed by atoms with Crippen molar-refractivity contribution in [2.45, 2.75) is 51.7 Å². The number of benzene rings is 1. The summed E-state index contributed by atoms with van der Waals surface area (Å²) in [5.41, 5.74) is 1.71. The van der Waals surface area contributed by atoms with Crippen LogP contribution in [0.5, 0.6) is 0 Å². The van der Waals surface area contributed by atoms with Crippen LogP contribution in [0.15, 0.2) is 35.1 Å². The number of H-pyrrole nitrogens is 1. The molecule has 1 fully saturated rings. The van der Waals surface area contributed by atoms with Gasteiger partial charge < -0.3 is 5.32 Å². The SMILES string of the molecule is CC[C@H]1CCCCN1Cc1cc(=O)n2[nH]c(NCc3ccc(Cl)cc3)nc2n1. The number of anilines is 1. The molecule has 28 heavy (non-hydrogen) atoms. The maximum atomic E-state index is 12.5. The van der Waals surface area contributed by atoms with Gasteiger partial charge in [-0.15, -0.1) is 0 Å². The number of likely N-dealkylation sites (tertiary alicyclic amines) is 1. The molecule has 0 spiro atoms. The summed E-state index contributed by atoms with van der Waals surface area (Å²) in [5.74, 6) is 0.910. The van der Waals surface area contributed by atoms with Crippen LogP contribution in [0.4, 0.5) is 5.95 Å². The van der Waals surface area contributed by atoms with Crippen LogP contribution < -0.4 is 10.9 Å². The second-order valence-corrected chi connectivity index (χ2v) is 7.74. The number of aromatic amines is 1. The predicted octanol–water partition coefficient (Wildman–Crippen LogP) is 3.45. The number of hydrogen-bond acceptors (Lipinski definition) is 5. The first-order chi connectivity index (χ1) is 13.6. The first-order valence-electron chi connectivity index (χ1n) is 9.83. The van der Waals surface area contributed by atoms with Crippen molar-refractivity contribution < 1.29 is 0 Å². The van der Waals surface area contributed by atoms with Crippen molar-refractivity contribution in [3.8, 4) is 0 Å². The van der Waals surface area contributed by atoms with Crippen LogP contribution in [0.25, 0.3) is 5.78 Å². The van der Waals surface area contributed by atoms with E-state index >= 15 is 0 Å². The third-order valence-electron chi connectivity index (χ3n) is 5.34. The van der Waals surface area contributed by atoms with E-state index in [4.69, 9.17) is 11.6 Å².